The topological polar surface area (TPSA) is 75.7 Å². The van der Waals surface area contributed by atoms with Crippen LogP contribution >= 0.6 is 23.2 Å². The number of ether oxygens (including phenoxy) is 1. The summed E-state index contributed by atoms with van der Waals surface area (Å²) in [5.41, 5.74) is 2.71. The number of sulfonamides is 1. The molecule has 1 amide bonds. The number of amides is 1. The van der Waals surface area contributed by atoms with Crippen LogP contribution in [0, 0.1) is 6.92 Å². The van der Waals surface area contributed by atoms with Crippen molar-refractivity contribution in [3.05, 3.63) is 81.8 Å². The largest absolute Gasteiger partial charge is 0.483 e. The average Bonchev–Trinajstić information content (AvgIpc) is 3.20. The first-order chi connectivity index (χ1) is 15.3. The predicted octanol–water partition coefficient (Wildman–Crippen LogP) is 5.07. The predicted molar refractivity (Wildman–Crippen MR) is 126 cm³/mol. The highest BCUT2D eigenvalue weighted by atomic mass is 35.5. The van der Waals surface area contributed by atoms with Crippen molar-refractivity contribution in [1.29, 1.82) is 0 Å². The van der Waals surface area contributed by atoms with Crippen LogP contribution in [0.25, 0.3) is 0 Å². The van der Waals surface area contributed by atoms with Crippen LogP contribution in [0.15, 0.2) is 65.6 Å². The van der Waals surface area contributed by atoms with E-state index in [1.165, 1.54) is 10.4 Å². The van der Waals surface area contributed by atoms with Gasteiger partial charge in [-0.05, 0) is 66.9 Å². The van der Waals surface area contributed by atoms with Crippen molar-refractivity contribution >= 4 is 50.5 Å². The van der Waals surface area contributed by atoms with E-state index >= 15 is 0 Å². The second-order valence-electron chi connectivity index (χ2n) is 7.34. The number of nitrogens with zero attached hydrogens (tertiary/aromatic N) is 1. The van der Waals surface area contributed by atoms with Gasteiger partial charge in [0.05, 0.1) is 21.3 Å². The van der Waals surface area contributed by atoms with Crippen molar-refractivity contribution < 1.29 is 17.9 Å². The highest BCUT2D eigenvalue weighted by Crippen LogP contribution is 2.34. The third-order valence-electron chi connectivity index (χ3n) is 5.14. The highest BCUT2D eigenvalue weighted by Gasteiger charge is 2.30. The number of nitrogens with one attached hydrogen (secondary N) is 1. The molecule has 9 heteroatoms. The molecule has 0 aliphatic carbocycles. The summed E-state index contributed by atoms with van der Waals surface area (Å²) in [7, 11) is -3.70. The van der Waals surface area contributed by atoms with Crippen LogP contribution in [0.4, 0.5) is 11.4 Å². The Morgan fingerprint density at radius 2 is 1.88 bits per heavy atom. The number of benzene rings is 3. The van der Waals surface area contributed by atoms with Gasteiger partial charge >= 0.3 is 0 Å². The summed E-state index contributed by atoms with van der Waals surface area (Å²) in [6.07, 6.45) is 0.682. The van der Waals surface area contributed by atoms with E-state index in [4.69, 9.17) is 27.9 Å². The van der Waals surface area contributed by atoms with E-state index in [9.17, 15) is 13.2 Å². The zero-order chi connectivity index (χ0) is 22.9. The van der Waals surface area contributed by atoms with E-state index in [1.54, 1.807) is 37.3 Å². The van der Waals surface area contributed by atoms with Gasteiger partial charge in [-0.25, -0.2) is 8.42 Å². The molecule has 0 fully saturated rings. The lowest BCUT2D eigenvalue weighted by Gasteiger charge is -2.20. The Morgan fingerprint density at radius 3 is 2.66 bits per heavy atom. The van der Waals surface area contributed by atoms with Gasteiger partial charge in [0.2, 0.25) is 0 Å². The molecule has 0 unspecified atom stereocenters. The monoisotopic (exact) mass is 490 g/mol. The molecule has 0 spiro atoms. The minimum absolute atomic E-state index is 0.175. The van der Waals surface area contributed by atoms with E-state index in [-0.39, 0.29) is 11.5 Å². The maximum absolute atomic E-state index is 13.2. The van der Waals surface area contributed by atoms with Crippen molar-refractivity contribution in [3.8, 4) is 5.75 Å². The molecule has 1 aliphatic rings. The van der Waals surface area contributed by atoms with Gasteiger partial charge in [-0.1, -0.05) is 41.4 Å². The van der Waals surface area contributed by atoms with Crippen LogP contribution in [-0.2, 0) is 21.2 Å². The Hall–Kier alpha value is -2.74. The molecule has 0 atom stereocenters. The molecule has 0 saturated carbocycles. The molecule has 0 bridgehead atoms. The standard InChI is InChI=1S/C23H20Cl2N2O4S/c1-15-12-18(32(29,30)27-11-10-16-4-2-3-5-21(16)27)7-9-22(15)31-14-23(28)26-20-13-17(24)6-8-19(20)25/h2-9,12-13H,10-11,14H2,1H3,(H,26,28). The summed E-state index contributed by atoms with van der Waals surface area (Å²) in [5, 5.41) is 3.44. The number of hydrogen-bond acceptors (Lipinski definition) is 4. The van der Waals surface area contributed by atoms with Crippen LogP contribution < -0.4 is 14.4 Å². The first-order valence-electron chi connectivity index (χ1n) is 9.85. The summed E-state index contributed by atoms with van der Waals surface area (Å²) in [6, 6.07) is 16.8. The summed E-state index contributed by atoms with van der Waals surface area (Å²) in [5.74, 6) is -0.00273. The molecule has 4 rings (SSSR count). The Kier molecular flexibility index (Phi) is 6.33. The Balaban J connectivity index is 1.45. The van der Waals surface area contributed by atoms with Crippen LogP contribution in [0.1, 0.15) is 11.1 Å². The minimum Gasteiger partial charge on any atom is -0.483 e. The van der Waals surface area contributed by atoms with Gasteiger partial charge in [0.25, 0.3) is 15.9 Å². The fraction of sp³-hybridized carbons (Fsp3) is 0.174. The van der Waals surface area contributed by atoms with Crippen molar-refractivity contribution in [1.82, 2.24) is 0 Å². The fourth-order valence-electron chi connectivity index (χ4n) is 3.55. The minimum atomic E-state index is -3.70. The third-order valence-corrected chi connectivity index (χ3v) is 7.51. The average molecular weight is 491 g/mol. The second kappa shape index (κ2) is 9.02. The molecule has 3 aromatic carbocycles. The van der Waals surface area contributed by atoms with Crippen molar-refractivity contribution in [2.24, 2.45) is 0 Å². The Morgan fingerprint density at radius 1 is 1.09 bits per heavy atom. The van der Waals surface area contributed by atoms with Crippen LogP contribution in [0.2, 0.25) is 10.0 Å². The molecule has 3 aromatic rings. The van der Waals surface area contributed by atoms with E-state index < -0.39 is 15.9 Å². The lowest BCUT2D eigenvalue weighted by atomic mass is 10.2. The number of carbonyl (C=O) groups is 1. The molecule has 0 saturated heterocycles. The zero-order valence-electron chi connectivity index (χ0n) is 17.1. The fourth-order valence-corrected chi connectivity index (χ4v) is 5.48. The van der Waals surface area contributed by atoms with E-state index in [1.807, 2.05) is 24.3 Å². The van der Waals surface area contributed by atoms with Crippen LogP contribution in [0.5, 0.6) is 5.75 Å². The highest BCUT2D eigenvalue weighted by molar-refractivity contribution is 7.92. The van der Waals surface area contributed by atoms with Crippen molar-refractivity contribution in [2.45, 2.75) is 18.2 Å². The third kappa shape index (κ3) is 4.55. The SMILES string of the molecule is Cc1cc(S(=O)(=O)N2CCc3ccccc32)ccc1OCC(=O)Nc1cc(Cl)ccc1Cl. The van der Waals surface area contributed by atoms with E-state index in [2.05, 4.69) is 5.32 Å². The number of para-hydroxylation sites is 1. The number of rotatable bonds is 6. The van der Waals surface area contributed by atoms with Gasteiger partial charge in [0.1, 0.15) is 5.75 Å². The number of hydrogen-bond donors (Lipinski definition) is 1. The Labute approximate surface area is 196 Å². The lowest BCUT2D eigenvalue weighted by molar-refractivity contribution is -0.118. The van der Waals surface area contributed by atoms with E-state index in [0.29, 0.717) is 45.7 Å². The molecule has 1 N–H and O–H groups in total. The maximum atomic E-state index is 13.2. The zero-order valence-corrected chi connectivity index (χ0v) is 19.5. The first-order valence-corrected chi connectivity index (χ1v) is 12.0. The number of aryl methyl sites for hydroxylation is 1. The smallest absolute Gasteiger partial charge is 0.264 e. The van der Waals surface area contributed by atoms with Gasteiger partial charge in [-0.2, -0.15) is 0 Å². The summed E-state index contributed by atoms with van der Waals surface area (Å²) in [4.78, 5) is 12.4. The molecule has 0 aromatic heterocycles. The van der Waals surface area contributed by atoms with Gasteiger partial charge in [0, 0.05) is 11.6 Å². The van der Waals surface area contributed by atoms with Crippen LogP contribution in [-0.4, -0.2) is 27.5 Å². The van der Waals surface area contributed by atoms with E-state index in [0.717, 1.165) is 5.56 Å². The molecular formula is C23H20Cl2N2O4S. The lowest BCUT2D eigenvalue weighted by Crippen LogP contribution is -2.29. The van der Waals surface area contributed by atoms with Gasteiger partial charge in [0.15, 0.2) is 6.61 Å². The Bertz CT molecular complexity index is 1290. The molecule has 0 radical (unpaired) electrons. The molecule has 6 nitrogen and oxygen atoms in total. The number of anilines is 2. The van der Waals surface area contributed by atoms with Gasteiger partial charge in [-0.15, -0.1) is 0 Å². The molecular weight excluding hydrogens is 471 g/mol. The summed E-state index contributed by atoms with van der Waals surface area (Å²) < 4.78 is 33.4. The maximum Gasteiger partial charge on any atom is 0.264 e. The first kappa shape index (κ1) is 22.5. The van der Waals surface area contributed by atoms with Crippen molar-refractivity contribution in [2.75, 3.05) is 22.8 Å². The van der Waals surface area contributed by atoms with Gasteiger partial charge in [-0.3, -0.25) is 9.10 Å². The summed E-state index contributed by atoms with van der Waals surface area (Å²) >= 11 is 12.0. The van der Waals surface area contributed by atoms with Gasteiger partial charge < -0.3 is 10.1 Å². The molecule has 32 heavy (non-hydrogen) atoms. The molecule has 1 aliphatic heterocycles. The van der Waals surface area contributed by atoms with Crippen molar-refractivity contribution in [3.63, 3.8) is 0 Å². The quantitative estimate of drug-likeness (QED) is 0.523. The summed E-state index contributed by atoms with van der Waals surface area (Å²) in [6.45, 7) is 1.87. The second-order valence-corrected chi connectivity index (χ2v) is 10.1. The number of fused-ring (bicyclic) bond motifs is 1. The normalized spacial score (nSPS) is 13.0. The number of halogens is 2. The number of carbonyl (C=O) groups excluding carboxylic acids is 1. The van der Waals surface area contributed by atoms with Crippen LogP contribution in [0.3, 0.4) is 0 Å². The molecule has 166 valence electrons. The molecule has 1 heterocycles.